The maximum Gasteiger partial charge on any atom is 0.170 e. The third-order valence-electron chi connectivity index (χ3n) is 6.38. The van der Waals surface area contributed by atoms with Gasteiger partial charge in [0.15, 0.2) is 7.85 Å². The smallest absolute Gasteiger partial charge is 0.170 e. The van der Waals surface area contributed by atoms with Crippen molar-refractivity contribution in [3.8, 4) is 5.75 Å². The Bertz CT molecular complexity index is 1400. The molecule has 1 aromatic carbocycles. The molecule has 37 heavy (non-hydrogen) atoms. The molecule has 0 spiro atoms. The fraction of sp³-hybridized carbons (Fsp3) is 0.280. The van der Waals surface area contributed by atoms with Gasteiger partial charge in [0, 0.05) is 36.4 Å². The van der Waals surface area contributed by atoms with Crippen LogP contribution in [0.3, 0.4) is 0 Å². The number of hydrogen-bond acceptors (Lipinski definition) is 8. The summed E-state index contributed by atoms with van der Waals surface area (Å²) in [5.74, 6) is 0.648. The number of nitrogens with one attached hydrogen (secondary N) is 1. The molecule has 1 aliphatic rings. The average Bonchev–Trinajstić information content (AvgIpc) is 3.30. The Hall–Kier alpha value is -3.02. The lowest BCUT2D eigenvalue weighted by Gasteiger charge is -2.38. The number of morpholine rings is 1. The first-order valence-electron chi connectivity index (χ1n) is 11.8. The summed E-state index contributed by atoms with van der Waals surface area (Å²) in [6, 6.07) is 9.28. The number of benzene rings is 1. The van der Waals surface area contributed by atoms with Crippen LogP contribution in [0, 0.1) is 0 Å². The van der Waals surface area contributed by atoms with Crippen LogP contribution < -0.4 is 4.74 Å². The van der Waals surface area contributed by atoms with E-state index in [0.29, 0.717) is 59.0 Å². The number of rotatable bonds is 7. The maximum atomic E-state index is 11.0. The third kappa shape index (κ3) is 5.48. The van der Waals surface area contributed by atoms with Gasteiger partial charge in [-0.3, -0.25) is 15.0 Å². The summed E-state index contributed by atoms with van der Waals surface area (Å²) < 4.78 is 11.5. The molecule has 9 nitrogen and oxygen atoms in total. The average molecular weight is 539 g/mol. The minimum Gasteiger partial charge on any atom is -0.486 e. The van der Waals surface area contributed by atoms with Crippen molar-refractivity contribution in [2.24, 2.45) is 0 Å². The Labute approximate surface area is 224 Å². The molecule has 190 valence electrons. The molecule has 2 atom stereocenters. The van der Waals surface area contributed by atoms with Gasteiger partial charge in [-0.2, -0.15) is 15.3 Å². The molecule has 4 heterocycles. The summed E-state index contributed by atoms with van der Waals surface area (Å²) in [5, 5.41) is 28.8. The molecule has 0 aliphatic carbocycles. The first kappa shape index (κ1) is 25.6. The van der Waals surface area contributed by atoms with Crippen LogP contribution in [-0.2, 0) is 10.4 Å². The van der Waals surface area contributed by atoms with Gasteiger partial charge in [0.05, 0.1) is 40.2 Å². The van der Waals surface area contributed by atoms with Gasteiger partial charge in [-0.25, -0.2) is 0 Å². The van der Waals surface area contributed by atoms with Crippen LogP contribution in [0.4, 0.5) is 0 Å². The van der Waals surface area contributed by atoms with Crippen molar-refractivity contribution in [3.05, 3.63) is 75.4 Å². The minimum atomic E-state index is -1.21. The molecule has 1 aliphatic heterocycles. The molecule has 5 rings (SSSR count). The first-order valence-corrected chi connectivity index (χ1v) is 12.6. The van der Waals surface area contributed by atoms with E-state index in [1.54, 1.807) is 26.3 Å². The highest BCUT2D eigenvalue weighted by Gasteiger charge is 2.33. The van der Waals surface area contributed by atoms with Crippen molar-refractivity contribution in [3.63, 3.8) is 0 Å². The predicted octanol–water partition coefficient (Wildman–Crippen LogP) is 3.43. The summed E-state index contributed by atoms with van der Waals surface area (Å²) in [6.45, 7) is 4.31. The molecule has 2 N–H and O–H groups in total. The largest absolute Gasteiger partial charge is 0.486 e. The van der Waals surface area contributed by atoms with Crippen LogP contribution in [0.15, 0.2) is 42.7 Å². The molecule has 0 bridgehead atoms. The fourth-order valence-corrected chi connectivity index (χ4v) is 4.97. The van der Waals surface area contributed by atoms with Gasteiger partial charge in [0.1, 0.15) is 23.2 Å². The summed E-state index contributed by atoms with van der Waals surface area (Å²) >= 11 is 12.6. The van der Waals surface area contributed by atoms with E-state index in [1.165, 1.54) is 0 Å². The van der Waals surface area contributed by atoms with Crippen LogP contribution in [0.2, 0.25) is 10.0 Å². The Kier molecular flexibility index (Phi) is 7.46. The second-order valence-corrected chi connectivity index (χ2v) is 9.70. The van der Waals surface area contributed by atoms with Crippen molar-refractivity contribution in [1.82, 2.24) is 30.3 Å². The van der Waals surface area contributed by atoms with Gasteiger partial charge in [-0.15, -0.1) is 0 Å². The molecular weight excluding hydrogens is 514 g/mol. The lowest BCUT2D eigenvalue weighted by atomic mass is 9.85. The number of halogens is 2. The molecular formula is C25H25BCl2N6O3. The minimum absolute atomic E-state index is 0.380. The number of aliphatic hydroxyl groups is 1. The van der Waals surface area contributed by atoms with E-state index in [0.717, 1.165) is 16.6 Å². The normalized spacial score (nSPS) is 17.2. The Morgan fingerprint density at radius 3 is 2.59 bits per heavy atom. The number of nitrogens with zero attached hydrogens (tertiary/aromatic N) is 5. The molecule has 1 fully saturated rings. The van der Waals surface area contributed by atoms with E-state index >= 15 is 0 Å². The lowest BCUT2D eigenvalue weighted by Crippen LogP contribution is -2.52. The number of aromatic amines is 1. The summed E-state index contributed by atoms with van der Waals surface area (Å²) in [4.78, 5) is 5.93. The zero-order valence-corrected chi connectivity index (χ0v) is 21.9. The van der Waals surface area contributed by atoms with E-state index in [1.807, 2.05) is 48.2 Å². The van der Waals surface area contributed by atoms with Crippen LogP contribution in [0.1, 0.15) is 35.7 Å². The number of pyridine rings is 1. The Morgan fingerprint density at radius 1 is 1.14 bits per heavy atom. The number of hydrogen-bond donors (Lipinski definition) is 2. The predicted molar refractivity (Wildman–Crippen MR) is 145 cm³/mol. The van der Waals surface area contributed by atoms with Crippen molar-refractivity contribution in [2.45, 2.75) is 18.7 Å². The number of fused-ring (bicyclic) bond motifs is 1. The zero-order chi connectivity index (χ0) is 26.0. The molecule has 0 saturated carbocycles. The molecule has 12 heteroatoms. The molecule has 3 aromatic heterocycles. The Balaban J connectivity index is 1.33. The van der Waals surface area contributed by atoms with Crippen molar-refractivity contribution < 1.29 is 14.6 Å². The second-order valence-electron chi connectivity index (χ2n) is 8.89. The topological polar surface area (TPSA) is 109 Å². The van der Waals surface area contributed by atoms with Gasteiger partial charge in [-0.1, -0.05) is 23.2 Å². The molecule has 1 saturated heterocycles. The number of ether oxygens (including phenoxy) is 2. The standard InChI is InChI=1S/C25H25BCl2N6O3/c1-15(24-19(27)13-29-14-20(24)28)37-17-4-6-22-18(12-17)21(31-32-22)5-2-16-3-7-23(33-30-16)25(26,35)34-8-10-36-11-9-34/h2-7,12-15,35H,8-11,26H2,1H3,(H,31,32)/b5-2+. The highest BCUT2D eigenvalue weighted by atomic mass is 35.5. The number of H-pyrrole nitrogens is 1. The van der Waals surface area contributed by atoms with Crippen molar-refractivity contribution in [2.75, 3.05) is 26.3 Å². The highest BCUT2D eigenvalue weighted by Crippen LogP contribution is 2.33. The van der Waals surface area contributed by atoms with Crippen molar-refractivity contribution in [1.29, 1.82) is 0 Å². The van der Waals surface area contributed by atoms with E-state index in [9.17, 15) is 5.11 Å². The Morgan fingerprint density at radius 2 is 1.89 bits per heavy atom. The second kappa shape index (κ2) is 10.8. The van der Waals surface area contributed by atoms with Gasteiger partial charge >= 0.3 is 0 Å². The van der Waals surface area contributed by atoms with E-state index in [4.69, 9.17) is 32.7 Å². The first-order chi connectivity index (χ1) is 17.8. The molecule has 4 aromatic rings. The monoisotopic (exact) mass is 538 g/mol. The molecule has 0 amide bonds. The van der Waals surface area contributed by atoms with E-state index in [2.05, 4.69) is 25.4 Å². The number of aromatic nitrogens is 5. The lowest BCUT2D eigenvalue weighted by molar-refractivity contribution is -0.0934. The van der Waals surface area contributed by atoms with Gasteiger partial charge in [0.25, 0.3) is 0 Å². The van der Waals surface area contributed by atoms with Crippen molar-refractivity contribution >= 4 is 54.1 Å². The van der Waals surface area contributed by atoms with E-state index in [-0.39, 0.29) is 6.10 Å². The zero-order valence-electron chi connectivity index (χ0n) is 20.4. The van der Waals surface area contributed by atoms with Gasteiger partial charge in [0.2, 0.25) is 0 Å². The SMILES string of the molecule is BC(O)(c1ccc(/C=C/c2n[nH]c3ccc(OC(C)c4c(Cl)cncc4Cl)cc23)nn1)N1CCOCC1. The summed E-state index contributed by atoms with van der Waals surface area (Å²) in [7, 11) is 1.73. The summed E-state index contributed by atoms with van der Waals surface area (Å²) in [6.07, 6.45) is 6.39. The van der Waals surface area contributed by atoms with E-state index < -0.39 is 5.62 Å². The highest BCUT2D eigenvalue weighted by molar-refractivity contribution is 6.35. The third-order valence-corrected chi connectivity index (χ3v) is 6.99. The summed E-state index contributed by atoms with van der Waals surface area (Å²) in [5.41, 5.74) is 2.18. The molecule has 0 radical (unpaired) electrons. The quantitative estimate of drug-likeness (QED) is 0.344. The van der Waals surface area contributed by atoms with Gasteiger partial charge in [-0.05, 0) is 49.4 Å². The van der Waals surface area contributed by atoms with Crippen LogP contribution >= 0.6 is 23.2 Å². The maximum absolute atomic E-state index is 11.0. The van der Waals surface area contributed by atoms with Crippen LogP contribution in [0.5, 0.6) is 5.75 Å². The van der Waals surface area contributed by atoms with Gasteiger partial charge < -0.3 is 14.6 Å². The fourth-order valence-electron chi connectivity index (χ4n) is 4.30. The van der Waals surface area contributed by atoms with Crippen LogP contribution in [-0.4, -0.2) is 69.5 Å². The molecule has 2 unspecified atom stereocenters. The van der Waals surface area contributed by atoms with Crippen LogP contribution in [0.25, 0.3) is 23.1 Å².